The zero-order chi connectivity index (χ0) is 21.4. The number of nitrogens with one attached hydrogen (secondary N) is 1. The van der Waals surface area contributed by atoms with Gasteiger partial charge in [-0.2, -0.15) is 0 Å². The van der Waals surface area contributed by atoms with Crippen molar-refractivity contribution in [1.82, 2.24) is 5.32 Å². The molecular formula is C22H22ClNO5. The average Bonchev–Trinajstić information content (AvgIpc) is 2.72. The number of benzene rings is 2. The fraction of sp³-hybridized carbons (Fsp3) is 0.227. The molecule has 2 rings (SSSR count). The fourth-order valence-corrected chi connectivity index (χ4v) is 2.51. The molecule has 0 aliphatic rings. The van der Waals surface area contributed by atoms with Crippen molar-refractivity contribution in [2.24, 2.45) is 0 Å². The lowest BCUT2D eigenvalue weighted by Gasteiger charge is -2.16. The van der Waals surface area contributed by atoms with Crippen molar-refractivity contribution in [3.05, 3.63) is 70.8 Å². The molecule has 2 aromatic carbocycles. The first-order valence-corrected chi connectivity index (χ1v) is 9.31. The Balaban J connectivity index is 1.86. The van der Waals surface area contributed by atoms with Crippen LogP contribution in [0.5, 0.6) is 5.75 Å². The van der Waals surface area contributed by atoms with Crippen LogP contribution in [0.3, 0.4) is 0 Å². The first-order chi connectivity index (χ1) is 13.8. The summed E-state index contributed by atoms with van der Waals surface area (Å²) >= 11 is 5.80. The molecule has 0 unspecified atom stereocenters. The largest absolute Gasteiger partial charge is 0.497 e. The summed E-state index contributed by atoms with van der Waals surface area (Å²) in [5.41, 5.74) is 1.19. The molecule has 0 aliphatic carbocycles. The normalized spacial score (nSPS) is 12.8. The van der Waals surface area contributed by atoms with Crippen LogP contribution in [-0.2, 0) is 14.3 Å². The van der Waals surface area contributed by atoms with E-state index in [0.717, 1.165) is 5.56 Å². The predicted octanol–water partition coefficient (Wildman–Crippen LogP) is 3.68. The molecule has 0 fully saturated rings. The predicted molar refractivity (Wildman–Crippen MR) is 111 cm³/mol. The highest BCUT2D eigenvalue weighted by molar-refractivity contribution is 6.30. The van der Waals surface area contributed by atoms with Gasteiger partial charge in [0, 0.05) is 16.7 Å². The van der Waals surface area contributed by atoms with E-state index in [1.807, 2.05) is 0 Å². The highest BCUT2D eigenvalue weighted by Gasteiger charge is 2.23. The van der Waals surface area contributed by atoms with E-state index in [-0.39, 0.29) is 5.78 Å². The quantitative estimate of drug-likeness (QED) is 0.404. The highest BCUT2D eigenvalue weighted by Crippen LogP contribution is 2.13. The highest BCUT2D eigenvalue weighted by atomic mass is 35.5. The molecule has 0 saturated heterocycles. The van der Waals surface area contributed by atoms with Crippen LogP contribution in [-0.4, -0.2) is 36.9 Å². The van der Waals surface area contributed by atoms with Gasteiger partial charge in [0.15, 0.2) is 6.10 Å². The van der Waals surface area contributed by atoms with Crippen molar-refractivity contribution in [3.8, 4) is 5.75 Å². The number of Topliss-reactive ketones (excluding diaryl/α,β-unsaturated/α-hetero) is 1. The van der Waals surface area contributed by atoms with Gasteiger partial charge in [-0.15, -0.1) is 0 Å². The summed E-state index contributed by atoms with van der Waals surface area (Å²) in [5, 5.41) is 3.02. The monoisotopic (exact) mass is 415 g/mol. The van der Waals surface area contributed by atoms with E-state index in [2.05, 4.69) is 5.32 Å². The zero-order valence-electron chi connectivity index (χ0n) is 16.3. The number of hydrogen-bond donors (Lipinski definition) is 1. The molecule has 0 aromatic heterocycles. The Bertz CT molecular complexity index is 890. The minimum atomic E-state index is -0.988. The lowest BCUT2D eigenvalue weighted by atomic mass is 10.1. The molecule has 0 heterocycles. The van der Waals surface area contributed by atoms with Crippen LogP contribution >= 0.6 is 11.6 Å². The summed E-state index contributed by atoms with van der Waals surface area (Å²) in [6.45, 7) is 2.97. The van der Waals surface area contributed by atoms with Crippen LogP contribution in [0.2, 0.25) is 5.02 Å². The standard InChI is InChI=1S/C22H22ClNO5/c1-14(24-20(25)13-6-16-4-11-19(28-3)12-5-16)22(27)29-15(2)21(26)17-7-9-18(23)10-8-17/h4-15H,1-3H3,(H,24,25)/b13-6+/t14-,15+/m0/s1. The van der Waals surface area contributed by atoms with Gasteiger partial charge in [0.2, 0.25) is 11.7 Å². The van der Waals surface area contributed by atoms with Crippen molar-refractivity contribution >= 4 is 35.3 Å². The molecule has 0 spiro atoms. The van der Waals surface area contributed by atoms with Gasteiger partial charge in [-0.05, 0) is 61.9 Å². The number of carbonyl (C=O) groups excluding carboxylic acids is 3. The summed E-state index contributed by atoms with van der Waals surface area (Å²) < 4.78 is 10.2. The first-order valence-electron chi connectivity index (χ1n) is 8.93. The Hall–Kier alpha value is -3.12. The van der Waals surface area contributed by atoms with Crippen LogP contribution in [0, 0.1) is 0 Å². The van der Waals surface area contributed by atoms with Crippen molar-refractivity contribution in [2.75, 3.05) is 7.11 Å². The van der Waals surface area contributed by atoms with Gasteiger partial charge in [0.1, 0.15) is 11.8 Å². The third kappa shape index (κ3) is 6.76. The van der Waals surface area contributed by atoms with Crippen molar-refractivity contribution in [1.29, 1.82) is 0 Å². The Morgan fingerprint density at radius 1 is 1.00 bits per heavy atom. The van der Waals surface area contributed by atoms with Crippen LogP contribution in [0.25, 0.3) is 6.08 Å². The molecule has 2 atom stereocenters. The maximum Gasteiger partial charge on any atom is 0.329 e. The van der Waals surface area contributed by atoms with Crippen LogP contribution < -0.4 is 10.1 Å². The number of esters is 1. The maximum atomic E-state index is 12.3. The third-order valence-corrected chi connectivity index (χ3v) is 4.30. The molecule has 29 heavy (non-hydrogen) atoms. The summed E-state index contributed by atoms with van der Waals surface area (Å²) in [6, 6.07) is 12.5. The molecule has 6 nitrogen and oxygen atoms in total. The number of methoxy groups -OCH3 is 1. The summed E-state index contributed by atoms with van der Waals surface area (Å²) in [5.74, 6) is -0.800. The minimum absolute atomic E-state index is 0.354. The molecular weight excluding hydrogens is 394 g/mol. The molecule has 152 valence electrons. The van der Waals surface area contributed by atoms with Crippen LogP contribution in [0.4, 0.5) is 0 Å². The summed E-state index contributed by atoms with van der Waals surface area (Å²) in [7, 11) is 1.57. The third-order valence-electron chi connectivity index (χ3n) is 4.05. The Kier molecular flexibility index (Phi) is 7.98. The smallest absolute Gasteiger partial charge is 0.329 e. The number of hydrogen-bond acceptors (Lipinski definition) is 5. The van der Waals surface area contributed by atoms with Gasteiger partial charge in [0.05, 0.1) is 7.11 Å². The lowest BCUT2D eigenvalue weighted by Crippen LogP contribution is -2.41. The second kappa shape index (κ2) is 10.4. The molecule has 0 bridgehead atoms. The molecule has 7 heteroatoms. The average molecular weight is 416 g/mol. The summed E-state index contributed by atoms with van der Waals surface area (Å²) in [6.07, 6.45) is 1.94. The number of amides is 1. The molecule has 0 aliphatic heterocycles. The number of ketones is 1. The van der Waals surface area contributed by atoms with E-state index in [1.54, 1.807) is 61.7 Å². The Morgan fingerprint density at radius 3 is 2.21 bits per heavy atom. The molecule has 0 radical (unpaired) electrons. The molecule has 1 N–H and O–H groups in total. The maximum absolute atomic E-state index is 12.3. The van der Waals surface area contributed by atoms with Crippen molar-refractivity contribution in [2.45, 2.75) is 26.0 Å². The van der Waals surface area contributed by atoms with E-state index < -0.39 is 24.0 Å². The van der Waals surface area contributed by atoms with Gasteiger partial charge in [-0.3, -0.25) is 9.59 Å². The van der Waals surface area contributed by atoms with Gasteiger partial charge in [0.25, 0.3) is 0 Å². The van der Waals surface area contributed by atoms with E-state index in [4.69, 9.17) is 21.1 Å². The minimum Gasteiger partial charge on any atom is -0.497 e. The molecule has 2 aromatic rings. The zero-order valence-corrected chi connectivity index (χ0v) is 17.1. The second-order valence-electron chi connectivity index (χ2n) is 6.29. The van der Waals surface area contributed by atoms with Gasteiger partial charge >= 0.3 is 5.97 Å². The lowest BCUT2D eigenvalue weighted by molar-refractivity contribution is -0.149. The van der Waals surface area contributed by atoms with Gasteiger partial charge < -0.3 is 14.8 Å². The molecule has 0 saturated carbocycles. The topological polar surface area (TPSA) is 81.7 Å². The first kappa shape index (κ1) is 22.2. The molecule has 1 amide bonds. The van der Waals surface area contributed by atoms with Crippen molar-refractivity contribution in [3.63, 3.8) is 0 Å². The van der Waals surface area contributed by atoms with E-state index in [0.29, 0.717) is 16.3 Å². The van der Waals surface area contributed by atoms with E-state index in [1.165, 1.54) is 19.9 Å². The van der Waals surface area contributed by atoms with Gasteiger partial charge in [-0.25, -0.2) is 4.79 Å². The Morgan fingerprint density at radius 2 is 1.62 bits per heavy atom. The Labute approximate surface area is 174 Å². The summed E-state index contributed by atoms with van der Waals surface area (Å²) in [4.78, 5) is 36.5. The van der Waals surface area contributed by atoms with E-state index in [9.17, 15) is 14.4 Å². The SMILES string of the molecule is COc1ccc(/C=C/C(=O)N[C@@H](C)C(=O)O[C@H](C)C(=O)c2ccc(Cl)cc2)cc1. The van der Waals surface area contributed by atoms with Crippen LogP contribution in [0.15, 0.2) is 54.6 Å². The van der Waals surface area contributed by atoms with Crippen LogP contribution in [0.1, 0.15) is 29.8 Å². The number of carbonyl (C=O) groups is 3. The number of ether oxygens (including phenoxy) is 2. The van der Waals surface area contributed by atoms with Crippen molar-refractivity contribution < 1.29 is 23.9 Å². The second-order valence-corrected chi connectivity index (χ2v) is 6.72. The number of halogens is 1. The fourth-order valence-electron chi connectivity index (χ4n) is 2.39. The number of rotatable bonds is 8. The van der Waals surface area contributed by atoms with Gasteiger partial charge in [-0.1, -0.05) is 23.7 Å². The van der Waals surface area contributed by atoms with E-state index >= 15 is 0 Å².